The van der Waals surface area contributed by atoms with E-state index in [1.165, 1.54) is 77.0 Å². The lowest BCUT2D eigenvalue weighted by molar-refractivity contribution is -0.0584. The summed E-state index contributed by atoms with van der Waals surface area (Å²) in [5.41, 5.74) is -0.107. The van der Waals surface area contributed by atoms with Crippen LogP contribution in [0.25, 0.3) is 0 Å². The molecule has 22 heavy (non-hydrogen) atoms. The summed E-state index contributed by atoms with van der Waals surface area (Å²) in [4.78, 5) is 0. The molecule has 0 aliphatic carbocycles. The third-order valence-corrected chi connectivity index (χ3v) is 4.50. The lowest BCUT2D eigenvalue weighted by Gasteiger charge is -2.31. The molecule has 0 saturated carbocycles. The highest BCUT2D eigenvalue weighted by molar-refractivity contribution is 4.72. The van der Waals surface area contributed by atoms with Crippen LogP contribution in [0.3, 0.4) is 0 Å². The molecule has 0 spiro atoms. The Morgan fingerprint density at radius 1 is 0.682 bits per heavy atom. The van der Waals surface area contributed by atoms with Crippen molar-refractivity contribution in [2.75, 3.05) is 13.2 Å². The van der Waals surface area contributed by atoms with Crippen molar-refractivity contribution < 1.29 is 4.74 Å². The molecule has 0 aromatic heterocycles. The molecule has 0 aliphatic heterocycles. The summed E-state index contributed by atoms with van der Waals surface area (Å²) in [5, 5.41) is 3.61. The van der Waals surface area contributed by atoms with Crippen molar-refractivity contribution in [3.63, 3.8) is 0 Å². The van der Waals surface area contributed by atoms with E-state index < -0.39 is 0 Å². The van der Waals surface area contributed by atoms with Crippen molar-refractivity contribution in [2.24, 2.45) is 0 Å². The summed E-state index contributed by atoms with van der Waals surface area (Å²) in [6, 6.07) is 0. The summed E-state index contributed by atoms with van der Waals surface area (Å²) >= 11 is 0. The molecule has 2 heteroatoms. The van der Waals surface area contributed by atoms with Crippen molar-refractivity contribution in [1.29, 1.82) is 0 Å². The maximum Gasteiger partial charge on any atom is 0.116 e. The predicted molar refractivity (Wildman–Crippen MR) is 99.4 cm³/mol. The summed E-state index contributed by atoms with van der Waals surface area (Å²) in [5.74, 6) is 0. The second-order valence-corrected chi connectivity index (χ2v) is 6.88. The van der Waals surface area contributed by atoms with Crippen LogP contribution in [0.15, 0.2) is 0 Å². The summed E-state index contributed by atoms with van der Waals surface area (Å²) in [6.07, 6.45) is 17.6. The van der Waals surface area contributed by atoms with Gasteiger partial charge in [0.2, 0.25) is 0 Å². The Bertz CT molecular complexity index is 220. The van der Waals surface area contributed by atoms with Crippen LogP contribution in [0.1, 0.15) is 111 Å². The molecule has 0 aromatic carbocycles. The highest BCUT2D eigenvalue weighted by Crippen LogP contribution is 2.18. The Morgan fingerprint density at radius 3 is 1.68 bits per heavy atom. The highest BCUT2D eigenvalue weighted by atomic mass is 16.5. The van der Waals surface area contributed by atoms with Gasteiger partial charge in [0.1, 0.15) is 5.72 Å². The van der Waals surface area contributed by atoms with Crippen LogP contribution >= 0.6 is 0 Å². The Labute approximate surface area is 140 Å². The fraction of sp³-hybridized carbons (Fsp3) is 1.00. The summed E-state index contributed by atoms with van der Waals surface area (Å²) in [7, 11) is 0. The highest BCUT2D eigenvalue weighted by Gasteiger charge is 2.22. The first-order valence-electron chi connectivity index (χ1n) is 10.1. The Hall–Kier alpha value is -0.0800. The first-order valence-corrected chi connectivity index (χ1v) is 10.1. The lowest BCUT2D eigenvalue weighted by atomic mass is 10.0. The van der Waals surface area contributed by atoms with Crippen molar-refractivity contribution in [2.45, 2.75) is 117 Å². The normalized spacial score (nSPS) is 14.2. The standard InChI is InChI=1S/C20H43NO/c1-5-8-10-11-12-13-14-15-16-17-18-20(4,22-7-3)21-19-9-6-2/h21H,5-19H2,1-4H3. The molecule has 0 rings (SSSR count). The smallest absolute Gasteiger partial charge is 0.116 e. The van der Waals surface area contributed by atoms with Gasteiger partial charge in [-0.05, 0) is 39.7 Å². The second-order valence-electron chi connectivity index (χ2n) is 6.88. The molecule has 0 fully saturated rings. The number of hydrogen-bond acceptors (Lipinski definition) is 2. The zero-order valence-corrected chi connectivity index (χ0v) is 16.0. The third kappa shape index (κ3) is 13.6. The van der Waals surface area contributed by atoms with Gasteiger partial charge < -0.3 is 4.74 Å². The van der Waals surface area contributed by atoms with Gasteiger partial charge in [-0.15, -0.1) is 0 Å². The number of ether oxygens (including phenoxy) is 1. The van der Waals surface area contributed by atoms with E-state index in [4.69, 9.17) is 4.74 Å². The molecule has 0 saturated heterocycles. The predicted octanol–water partition coefficient (Wildman–Crippen LogP) is 6.44. The van der Waals surface area contributed by atoms with Gasteiger partial charge in [-0.25, -0.2) is 0 Å². The van der Waals surface area contributed by atoms with E-state index in [9.17, 15) is 0 Å². The maximum absolute atomic E-state index is 5.95. The molecule has 0 aromatic rings. The molecule has 0 radical (unpaired) electrons. The number of rotatable bonds is 17. The maximum atomic E-state index is 5.95. The average molecular weight is 314 g/mol. The van der Waals surface area contributed by atoms with E-state index in [0.29, 0.717) is 0 Å². The van der Waals surface area contributed by atoms with Gasteiger partial charge in [-0.2, -0.15) is 0 Å². The third-order valence-electron chi connectivity index (χ3n) is 4.50. The van der Waals surface area contributed by atoms with Crippen molar-refractivity contribution in [1.82, 2.24) is 5.32 Å². The van der Waals surface area contributed by atoms with E-state index in [0.717, 1.165) is 19.6 Å². The fourth-order valence-corrected chi connectivity index (χ4v) is 3.01. The second kappa shape index (κ2) is 15.8. The van der Waals surface area contributed by atoms with Crippen LogP contribution in [-0.4, -0.2) is 18.9 Å². The molecule has 0 aliphatic rings. The molecular formula is C20H43NO. The zero-order chi connectivity index (χ0) is 16.5. The van der Waals surface area contributed by atoms with E-state index in [1.54, 1.807) is 0 Å². The summed E-state index contributed by atoms with van der Waals surface area (Å²) in [6.45, 7) is 10.7. The van der Waals surface area contributed by atoms with Gasteiger partial charge in [-0.3, -0.25) is 5.32 Å². The molecule has 0 bridgehead atoms. The van der Waals surface area contributed by atoms with Gasteiger partial charge in [-0.1, -0.05) is 78.1 Å². The SMILES string of the molecule is CCCCCCCCCCCCC(C)(NCCCC)OCC. The minimum atomic E-state index is -0.107. The van der Waals surface area contributed by atoms with Gasteiger partial charge >= 0.3 is 0 Å². The number of unbranched alkanes of at least 4 members (excludes halogenated alkanes) is 10. The van der Waals surface area contributed by atoms with E-state index >= 15 is 0 Å². The van der Waals surface area contributed by atoms with E-state index in [2.05, 4.69) is 33.0 Å². The van der Waals surface area contributed by atoms with Gasteiger partial charge in [0.05, 0.1) is 0 Å². The molecule has 1 atom stereocenters. The summed E-state index contributed by atoms with van der Waals surface area (Å²) < 4.78 is 5.95. The van der Waals surface area contributed by atoms with Gasteiger partial charge in [0, 0.05) is 6.61 Å². The van der Waals surface area contributed by atoms with E-state index in [-0.39, 0.29) is 5.72 Å². The molecule has 1 unspecified atom stereocenters. The number of nitrogens with one attached hydrogen (secondary N) is 1. The zero-order valence-electron chi connectivity index (χ0n) is 16.0. The first kappa shape index (κ1) is 21.9. The minimum absolute atomic E-state index is 0.107. The van der Waals surface area contributed by atoms with Crippen molar-refractivity contribution >= 4 is 0 Å². The topological polar surface area (TPSA) is 21.3 Å². The Morgan fingerprint density at radius 2 is 1.18 bits per heavy atom. The monoisotopic (exact) mass is 313 g/mol. The molecule has 0 amide bonds. The van der Waals surface area contributed by atoms with Gasteiger partial charge in [0.15, 0.2) is 0 Å². The van der Waals surface area contributed by atoms with Crippen molar-refractivity contribution in [3.05, 3.63) is 0 Å². The Kier molecular flexibility index (Phi) is 15.7. The molecule has 0 heterocycles. The van der Waals surface area contributed by atoms with Gasteiger partial charge in [0.25, 0.3) is 0 Å². The van der Waals surface area contributed by atoms with Crippen LogP contribution in [-0.2, 0) is 4.74 Å². The molecule has 134 valence electrons. The first-order chi connectivity index (χ1) is 10.7. The molecular weight excluding hydrogens is 270 g/mol. The van der Waals surface area contributed by atoms with Crippen LogP contribution in [0.5, 0.6) is 0 Å². The molecule has 1 N–H and O–H groups in total. The van der Waals surface area contributed by atoms with Crippen molar-refractivity contribution in [3.8, 4) is 0 Å². The molecule has 2 nitrogen and oxygen atoms in total. The fourth-order valence-electron chi connectivity index (χ4n) is 3.01. The minimum Gasteiger partial charge on any atom is -0.361 e. The van der Waals surface area contributed by atoms with Crippen LogP contribution in [0, 0.1) is 0 Å². The van der Waals surface area contributed by atoms with E-state index in [1.807, 2.05) is 0 Å². The average Bonchev–Trinajstić information content (AvgIpc) is 2.50. The Balaban J connectivity index is 3.55. The van der Waals surface area contributed by atoms with Crippen LogP contribution < -0.4 is 5.32 Å². The quantitative estimate of drug-likeness (QED) is 0.246. The number of hydrogen-bond donors (Lipinski definition) is 1. The lowest BCUT2D eigenvalue weighted by Crippen LogP contribution is -2.45. The van der Waals surface area contributed by atoms with Crippen LogP contribution in [0.4, 0.5) is 0 Å². The van der Waals surface area contributed by atoms with Crippen LogP contribution in [0.2, 0.25) is 0 Å². The largest absolute Gasteiger partial charge is 0.361 e.